The lowest BCUT2D eigenvalue weighted by Gasteiger charge is -2.05. The van der Waals surface area contributed by atoms with E-state index in [2.05, 4.69) is 14.7 Å². The summed E-state index contributed by atoms with van der Waals surface area (Å²) < 4.78 is 4.05. The van der Waals surface area contributed by atoms with Crippen LogP contribution in [-0.4, -0.2) is 15.3 Å². The zero-order valence-electron chi connectivity index (χ0n) is 10.0. The van der Waals surface area contributed by atoms with Crippen molar-refractivity contribution in [1.82, 2.24) is 14.7 Å². The van der Waals surface area contributed by atoms with Crippen molar-refractivity contribution in [3.05, 3.63) is 45.2 Å². The van der Waals surface area contributed by atoms with Crippen LogP contribution in [0.15, 0.2) is 18.2 Å². The van der Waals surface area contributed by atoms with E-state index in [0.717, 1.165) is 16.1 Å². The van der Waals surface area contributed by atoms with Gasteiger partial charge >= 0.3 is 0 Å². The molecule has 2 aromatic rings. The molecule has 0 aromatic carbocycles. The Labute approximate surface area is 114 Å². The van der Waals surface area contributed by atoms with Crippen LogP contribution in [0.3, 0.4) is 0 Å². The van der Waals surface area contributed by atoms with E-state index in [1.54, 1.807) is 12.1 Å². The minimum Gasteiger partial charge on any atom is -0.347 e. The molecule has 0 saturated carbocycles. The zero-order valence-corrected chi connectivity index (χ0v) is 11.6. The molecule has 0 aliphatic rings. The summed E-state index contributed by atoms with van der Waals surface area (Å²) >= 11 is 7.17. The molecule has 94 valence electrons. The standard InChI is InChI=1S/C12H12ClN3OS/c1-7-3-9(5-11(13)15-7)6-14-12(17)10-4-8(2)18-16-10/h3-5H,6H2,1-2H3,(H,14,17). The summed E-state index contributed by atoms with van der Waals surface area (Å²) in [4.78, 5) is 16.9. The first-order valence-corrected chi connectivity index (χ1v) is 6.54. The van der Waals surface area contributed by atoms with Gasteiger partial charge in [-0.2, -0.15) is 4.37 Å². The highest BCUT2D eigenvalue weighted by Gasteiger charge is 2.09. The average Bonchev–Trinajstić information content (AvgIpc) is 2.71. The SMILES string of the molecule is Cc1cc(CNC(=O)c2cc(C)sn2)cc(Cl)n1. The van der Waals surface area contributed by atoms with Crippen LogP contribution in [0.4, 0.5) is 0 Å². The molecule has 0 aliphatic heterocycles. The van der Waals surface area contributed by atoms with E-state index in [4.69, 9.17) is 11.6 Å². The number of amides is 1. The highest BCUT2D eigenvalue weighted by atomic mass is 35.5. The van der Waals surface area contributed by atoms with Gasteiger partial charge in [0.2, 0.25) is 0 Å². The van der Waals surface area contributed by atoms with Crippen molar-refractivity contribution < 1.29 is 4.79 Å². The Morgan fingerprint density at radius 1 is 1.39 bits per heavy atom. The molecule has 4 nitrogen and oxygen atoms in total. The van der Waals surface area contributed by atoms with E-state index >= 15 is 0 Å². The van der Waals surface area contributed by atoms with E-state index in [1.807, 2.05) is 19.9 Å². The molecule has 0 atom stereocenters. The van der Waals surface area contributed by atoms with Gasteiger partial charge in [0.1, 0.15) is 10.8 Å². The van der Waals surface area contributed by atoms with E-state index in [0.29, 0.717) is 17.4 Å². The molecule has 0 unspecified atom stereocenters. The summed E-state index contributed by atoms with van der Waals surface area (Å²) in [5.41, 5.74) is 2.21. The molecule has 1 N–H and O–H groups in total. The number of aryl methyl sites for hydroxylation is 2. The molecular weight excluding hydrogens is 270 g/mol. The number of pyridine rings is 1. The lowest BCUT2D eigenvalue weighted by atomic mass is 10.2. The molecule has 0 bridgehead atoms. The number of hydrogen-bond donors (Lipinski definition) is 1. The van der Waals surface area contributed by atoms with Crippen LogP contribution in [0.2, 0.25) is 5.15 Å². The maximum Gasteiger partial charge on any atom is 0.271 e. The lowest BCUT2D eigenvalue weighted by Crippen LogP contribution is -2.23. The van der Waals surface area contributed by atoms with Gasteiger partial charge in [-0.05, 0) is 49.1 Å². The Morgan fingerprint density at radius 3 is 2.78 bits per heavy atom. The van der Waals surface area contributed by atoms with Crippen LogP contribution >= 0.6 is 23.1 Å². The lowest BCUT2D eigenvalue weighted by molar-refractivity contribution is 0.0947. The van der Waals surface area contributed by atoms with Crippen LogP contribution in [-0.2, 0) is 6.54 Å². The molecule has 0 spiro atoms. The van der Waals surface area contributed by atoms with Gasteiger partial charge in [0, 0.05) is 17.1 Å². The predicted molar refractivity (Wildman–Crippen MR) is 72.0 cm³/mol. The monoisotopic (exact) mass is 281 g/mol. The van der Waals surface area contributed by atoms with E-state index in [9.17, 15) is 4.79 Å². The summed E-state index contributed by atoms with van der Waals surface area (Å²) in [5.74, 6) is -0.176. The van der Waals surface area contributed by atoms with Crippen LogP contribution in [0.25, 0.3) is 0 Å². The van der Waals surface area contributed by atoms with Gasteiger partial charge in [-0.3, -0.25) is 4.79 Å². The van der Waals surface area contributed by atoms with E-state index in [-0.39, 0.29) is 5.91 Å². The average molecular weight is 282 g/mol. The molecule has 2 rings (SSSR count). The van der Waals surface area contributed by atoms with Gasteiger partial charge in [0.05, 0.1) is 0 Å². The van der Waals surface area contributed by atoms with Crippen molar-refractivity contribution in [1.29, 1.82) is 0 Å². The Hall–Kier alpha value is -1.46. The third-order valence-electron chi connectivity index (χ3n) is 2.30. The highest BCUT2D eigenvalue weighted by molar-refractivity contribution is 7.05. The second kappa shape index (κ2) is 5.46. The van der Waals surface area contributed by atoms with Crippen LogP contribution < -0.4 is 5.32 Å². The van der Waals surface area contributed by atoms with Crippen molar-refractivity contribution in [2.75, 3.05) is 0 Å². The van der Waals surface area contributed by atoms with Crippen LogP contribution in [0.1, 0.15) is 26.6 Å². The third kappa shape index (κ3) is 3.27. The predicted octanol–water partition coefficient (Wildman–Crippen LogP) is 2.74. The normalized spacial score (nSPS) is 10.4. The molecular formula is C12H12ClN3OS. The number of aromatic nitrogens is 2. The number of carbonyl (C=O) groups is 1. The third-order valence-corrected chi connectivity index (χ3v) is 3.18. The first kappa shape index (κ1) is 13.0. The number of nitrogens with zero attached hydrogens (tertiary/aromatic N) is 2. The van der Waals surface area contributed by atoms with Crippen molar-refractivity contribution in [2.24, 2.45) is 0 Å². The molecule has 2 aromatic heterocycles. The smallest absolute Gasteiger partial charge is 0.271 e. The molecule has 18 heavy (non-hydrogen) atoms. The van der Waals surface area contributed by atoms with Crippen LogP contribution in [0, 0.1) is 13.8 Å². The van der Waals surface area contributed by atoms with Gasteiger partial charge in [0.25, 0.3) is 5.91 Å². The molecule has 0 saturated heterocycles. The quantitative estimate of drug-likeness (QED) is 0.880. The Morgan fingerprint density at radius 2 is 2.17 bits per heavy atom. The molecule has 6 heteroatoms. The number of hydrogen-bond acceptors (Lipinski definition) is 4. The second-order valence-electron chi connectivity index (χ2n) is 3.94. The number of rotatable bonds is 3. The Balaban J connectivity index is 2.01. The fourth-order valence-corrected chi connectivity index (χ4v) is 2.36. The summed E-state index contributed by atoms with van der Waals surface area (Å²) in [6.45, 7) is 4.19. The number of carbonyl (C=O) groups excluding carboxylic acids is 1. The summed E-state index contributed by atoms with van der Waals surface area (Å²) in [7, 11) is 0. The van der Waals surface area contributed by atoms with Gasteiger partial charge in [-0.1, -0.05) is 11.6 Å². The molecule has 0 aliphatic carbocycles. The first-order valence-electron chi connectivity index (χ1n) is 5.39. The number of nitrogens with one attached hydrogen (secondary N) is 1. The molecule has 0 fully saturated rings. The van der Waals surface area contributed by atoms with E-state index in [1.165, 1.54) is 11.5 Å². The summed E-state index contributed by atoms with van der Waals surface area (Å²) in [6, 6.07) is 5.39. The number of halogens is 1. The minimum atomic E-state index is -0.176. The van der Waals surface area contributed by atoms with Crippen LogP contribution in [0.5, 0.6) is 0 Å². The second-order valence-corrected chi connectivity index (χ2v) is 5.34. The maximum absolute atomic E-state index is 11.8. The van der Waals surface area contributed by atoms with Gasteiger partial charge < -0.3 is 5.32 Å². The van der Waals surface area contributed by atoms with Gasteiger partial charge in [0.15, 0.2) is 0 Å². The van der Waals surface area contributed by atoms with Gasteiger partial charge in [-0.15, -0.1) is 0 Å². The van der Waals surface area contributed by atoms with E-state index < -0.39 is 0 Å². The van der Waals surface area contributed by atoms with Crippen molar-refractivity contribution >= 4 is 29.0 Å². The molecule has 2 heterocycles. The maximum atomic E-state index is 11.8. The van der Waals surface area contributed by atoms with Crippen molar-refractivity contribution in [3.8, 4) is 0 Å². The largest absolute Gasteiger partial charge is 0.347 e. The van der Waals surface area contributed by atoms with Crippen molar-refractivity contribution in [2.45, 2.75) is 20.4 Å². The highest BCUT2D eigenvalue weighted by Crippen LogP contribution is 2.11. The first-order chi connectivity index (χ1) is 8.54. The zero-order chi connectivity index (χ0) is 13.1. The molecule has 1 amide bonds. The van der Waals surface area contributed by atoms with Crippen molar-refractivity contribution in [3.63, 3.8) is 0 Å². The minimum absolute atomic E-state index is 0.176. The van der Waals surface area contributed by atoms with Gasteiger partial charge in [-0.25, -0.2) is 4.98 Å². The topological polar surface area (TPSA) is 54.9 Å². The fraction of sp³-hybridized carbons (Fsp3) is 0.250. The summed E-state index contributed by atoms with van der Waals surface area (Å²) in [6.07, 6.45) is 0. The molecule has 0 radical (unpaired) electrons. The summed E-state index contributed by atoms with van der Waals surface area (Å²) in [5, 5.41) is 3.24. The Bertz CT molecular complexity index is 562. The Kier molecular flexibility index (Phi) is 3.93. The fourth-order valence-electron chi connectivity index (χ4n) is 1.54.